The lowest BCUT2D eigenvalue weighted by Crippen LogP contribution is -2.30. The molecule has 2 aromatic heterocycles. The predicted octanol–water partition coefficient (Wildman–Crippen LogP) is 4.71. The van der Waals surface area contributed by atoms with Gasteiger partial charge in [0.25, 0.3) is 0 Å². The summed E-state index contributed by atoms with van der Waals surface area (Å²) in [6, 6.07) is 16.3. The number of rotatable bonds is 10. The SMILES string of the molecule is CCn1c(SCC(=O)NCC(c2ccc(OC)cc2)c2c[nH]c3ccccc23)nnc1C1CC1. The van der Waals surface area contributed by atoms with Gasteiger partial charge in [0.1, 0.15) is 11.6 Å². The lowest BCUT2D eigenvalue weighted by molar-refractivity contribution is -0.118. The molecule has 2 N–H and O–H groups in total. The summed E-state index contributed by atoms with van der Waals surface area (Å²) in [5.41, 5.74) is 3.37. The third-order valence-corrected chi connectivity index (χ3v) is 7.32. The molecule has 0 saturated heterocycles. The zero-order valence-electron chi connectivity index (χ0n) is 19.5. The molecular weight excluding hydrogens is 446 g/mol. The maximum atomic E-state index is 12.8. The Morgan fingerprint density at radius 3 is 2.74 bits per heavy atom. The van der Waals surface area contributed by atoms with E-state index in [2.05, 4.69) is 56.3 Å². The number of hydrogen-bond acceptors (Lipinski definition) is 5. The average molecular weight is 476 g/mol. The summed E-state index contributed by atoms with van der Waals surface area (Å²) in [7, 11) is 1.66. The van der Waals surface area contributed by atoms with E-state index in [4.69, 9.17) is 4.74 Å². The molecule has 5 rings (SSSR count). The fraction of sp³-hybridized carbons (Fsp3) is 0.346. The molecule has 1 unspecified atom stereocenters. The molecule has 1 atom stereocenters. The minimum atomic E-state index is -0.0121. The van der Waals surface area contributed by atoms with Gasteiger partial charge in [0.15, 0.2) is 5.16 Å². The molecule has 2 aromatic carbocycles. The van der Waals surface area contributed by atoms with E-state index in [9.17, 15) is 4.79 Å². The second-order valence-corrected chi connectivity index (χ2v) is 9.51. The zero-order chi connectivity index (χ0) is 23.5. The highest BCUT2D eigenvalue weighted by atomic mass is 32.2. The molecule has 0 spiro atoms. The number of ether oxygens (including phenoxy) is 1. The Hall–Kier alpha value is -3.26. The Kier molecular flexibility index (Phi) is 6.58. The number of fused-ring (bicyclic) bond motifs is 1. The number of H-pyrrole nitrogens is 1. The summed E-state index contributed by atoms with van der Waals surface area (Å²) in [6.45, 7) is 3.42. The quantitative estimate of drug-likeness (QED) is 0.325. The van der Waals surface area contributed by atoms with Gasteiger partial charge in [0, 0.05) is 42.0 Å². The Bertz CT molecular complexity index is 1280. The number of nitrogens with zero attached hydrogens (tertiary/aromatic N) is 3. The van der Waals surface area contributed by atoms with Gasteiger partial charge in [-0.25, -0.2) is 0 Å². The average Bonchev–Trinajstić information content (AvgIpc) is 3.50. The van der Waals surface area contributed by atoms with Gasteiger partial charge in [0.2, 0.25) is 5.91 Å². The molecule has 176 valence electrons. The summed E-state index contributed by atoms with van der Waals surface area (Å²) < 4.78 is 7.47. The van der Waals surface area contributed by atoms with Gasteiger partial charge >= 0.3 is 0 Å². The molecule has 34 heavy (non-hydrogen) atoms. The maximum Gasteiger partial charge on any atom is 0.230 e. The molecule has 0 aliphatic heterocycles. The summed E-state index contributed by atoms with van der Waals surface area (Å²) >= 11 is 1.45. The molecule has 7 nitrogen and oxygen atoms in total. The minimum absolute atomic E-state index is 0.0109. The van der Waals surface area contributed by atoms with E-state index in [0.29, 0.717) is 18.2 Å². The third-order valence-electron chi connectivity index (χ3n) is 6.35. The van der Waals surface area contributed by atoms with Crippen molar-refractivity contribution in [2.24, 2.45) is 0 Å². The van der Waals surface area contributed by atoms with E-state index in [1.54, 1.807) is 7.11 Å². The van der Waals surface area contributed by atoms with Gasteiger partial charge in [-0.05, 0) is 49.1 Å². The standard InChI is InChI=1S/C26H29N5O2S/c1-3-31-25(18-8-9-18)29-30-26(31)34-16-24(32)28-14-21(17-10-12-19(33-2)13-11-17)22-15-27-23-7-5-4-6-20(22)23/h4-7,10-13,15,18,21,27H,3,8-9,14,16H2,1-2H3,(H,28,32). The highest BCUT2D eigenvalue weighted by Gasteiger charge is 2.30. The summed E-state index contributed by atoms with van der Waals surface area (Å²) in [5, 5.41) is 13.8. The highest BCUT2D eigenvalue weighted by molar-refractivity contribution is 7.99. The van der Waals surface area contributed by atoms with Gasteiger partial charge in [-0.3, -0.25) is 4.79 Å². The van der Waals surface area contributed by atoms with Crippen LogP contribution in [0, 0.1) is 0 Å². The van der Waals surface area contributed by atoms with E-state index in [-0.39, 0.29) is 11.8 Å². The van der Waals surface area contributed by atoms with Crippen LogP contribution < -0.4 is 10.1 Å². The van der Waals surface area contributed by atoms with Crippen molar-refractivity contribution in [2.45, 2.75) is 43.3 Å². The van der Waals surface area contributed by atoms with Crippen LogP contribution in [0.4, 0.5) is 0 Å². The highest BCUT2D eigenvalue weighted by Crippen LogP contribution is 2.40. The van der Waals surface area contributed by atoms with Gasteiger partial charge in [0.05, 0.1) is 12.9 Å². The molecule has 2 heterocycles. The summed E-state index contributed by atoms with van der Waals surface area (Å²) in [5.74, 6) is 2.72. The first-order valence-corrected chi connectivity index (χ1v) is 12.7. The Morgan fingerprint density at radius 1 is 1.21 bits per heavy atom. The fourth-order valence-corrected chi connectivity index (χ4v) is 5.21. The van der Waals surface area contributed by atoms with E-state index in [1.807, 2.05) is 30.5 Å². The molecule has 1 saturated carbocycles. The van der Waals surface area contributed by atoms with Crippen molar-refractivity contribution in [3.05, 3.63) is 71.7 Å². The first-order chi connectivity index (χ1) is 16.7. The topological polar surface area (TPSA) is 84.8 Å². The molecule has 1 aliphatic carbocycles. The van der Waals surface area contributed by atoms with Crippen LogP contribution in [0.25, 0.3) is 10.9 Å². The van der Waals surface area contributed by atoms with Crippen LogP contribution in [0.5, 0.6) is 5.75 Å². The number of nitrogens with one attached hydrogen (secondary N) is 2. The smallest absolute Gasteiger partial charge is 0.230 e. The largest absolute Gasteiger partial charge is 0.497 e. The van der Waals surface area contributed by atoms with Crippen LogP contribution in [-0.2, 0) is 11.3 Å². The van der Waals surface area contributed by atoms with Crippen molar-refractivity contribution < 1.29 is 9.53 Å². The second kappa shape index (κ2) is 9.93. The van der Waals surface area contributed by atoms with Gasteiger partial charge in [-0.1, -0.05) is 42.1 Å². The molecule has 1 amide bonds. The number of thioether (sulfide) groups is 1. The number of hydrogen-bond donors (Lipinski definition) is 2. The molecule has 1 fully saturated rings. The normalized spacial score (nSPS) is 14.3. The predicted molar refractivity (Wildman–Crippen MR) is 135 cm³/mol. The number of benzene rings is 2. The number of aromatic nitrogens is 4. The number of para-hydroxylation sites is 1. The Labute approximate surface area is 203 Å². The monoisotopic (exact) mass is 475 g/mol. The number of methoxy groups -OCH3 is 1. The first kappa shape index (κ1) is 22.5. The van der Waals surface area contributed by atoms with Gasteiger partial charge in [-0.15, -0.1) is 10.2 Å². The first-order valence-electron chi connectivity index (χ1n) is 11.7. The summed E-state index contributed by atoms with van der Waals surface area (Å²) in [4.78, 5) is 16.2. The third kappa shape index (κ3) is 4.68. The van der Waals surface area contributed by atoms with Crippen LogP contribution in [0.2, 0.25) is 0 Å². The van der Waals surface area contributed by atoms with Crippen molar-refractivity contribution >= 4 is 28.6 Å². The van der Waals surface area contributed by atoms with Crippen LogP contribution in [0.15, 0.2) is 59.9 Å². The van der Waals surface area contributed by atoms with Crippen LogP contribution in [0.3, 0.4) is 0 Å². The molecule has 8 heteroatoms. The lowest BCUT2D eigenvalue weighted by atomic mass is 9.91. The van der Waals surface area contributed by atoms with Gasteiger partial charge in [-0.2, -0.15) is 0 Å². The van der Waals surface area contributed by atoms with Crippen molar-refractivity contribution in [2.75, 3.05) is 19.4 Å². The number of amides is 1. The zero-order valence-corrected chi connectivity index (χ0v) is 20.3. The number of aromatic amines is 1. The second-order valence-electron chi connectivity index (χ2n) is 8.57. The van der Waals surface area contributed by atoms with Crippen molar-refractivity contribution in [3.63, 3.8) is 0 Å². The molecule has 1 aliphatic rings. The number of carbonyl (C=O) groups excluding carboxylic acids is 1. The van der Waals surface area contributed by atoms with Crippen molar-refractivity contribution in [3.8, 4) is 5.75 Å². The Morgan fingerprint density at radius 2 is 2.00 bits per heavy atom. The maximum absolute atomic E-state index is 12.8. The fourth-order valence-electron chi connectivity index (χ4n) is 4.37. The lowest BCUT2D eigenvalue weighted by Gasteiger charge is -2.18. The van der Waals surface area contributed by atoms with Crippen LogP contribution in [0.1, 0.15) is 48.6 Å². The van der Waals surface area contributed by atoms with E-state index >= 15 is 0 Å². The van der Waals surface area contributed by atoms with Crippen LogP contribution >= 0.6 is 11.8 Å². The molecule has 0 radical (unpaired) electrons. The van der Waals surface area contributed by atoms with E-state index in [1.165, 1.54) is 24.6 Å². The van der Waals surface area contributed by atoms with Crippen molar-refractivity contribution in [1.29, 1.82) is 0 Å². The number of carbonyl (C=O) groups is 1. The Balaban J connectivity index is 1.30. The van der Waals surface area contributed by atoms with E-state index in [0.717, 1.165) is 45.3 Å². The van der Waals surface area contributed by atoms with Crippen LogP contribution in [-0.4, -0.2) is 45.1 Å². The molecular formula is C26H29N5O2S. The van der Waals surface area contributed by atoms with Crippen molar-refractivity contribution in [1.82, 2.24) is 25.1 Å². The summed E-state index contributed by atoms with van der Waals surface area (Å²) in [6.07, 6.45) is 4.41. The van der Waals surface area contributed by atoms with E-state index < -0.39 is 0 Å². The van der Waals surface area contributed by atoms with Gasteiger partial charge < -0.3 is 19.6 Å². The minimum Gasteiger partial charge on any atom is -0.497 e. The molecule has 4 aromatic rings. The molecule has 0 bridgehead atoms.